The van der Waals surface area contributed by atoms with E-state index >= 15 is 0 Å². The number of rotatable bonds is 6. The van der Waals surface area contributed by atoms with Gasteiger partial charge in [0, 0.05) is 13.0 Å². The molecule has 0 aromatic heterocycles. The number of aliphatic hydroxyl groups is 1. The summed E-state index contributed by atoms with van der Waals surface area (Å²) < 4.78 is 4.96. The lowest BCUT2D eigenvalue weighted by Crippen LogP contribution is -2.30. The maximum Gasteiger partial charge on any atom is 0.412 e. The predicted molar refractivity (Wildman–Crippen MR) is 68.4 cm³/mol. The molecule has 18 heavy (non-hydrogen) atoms. The molecule has 0 spiro atoms. The predicted octanol–water partition coefficient (Wildman–Crippen LogP) is 2.05. The summed E-state index contributed by atoms with van der Waals surface area (Å²) in [6, 6.07) is 9.35. The second-order valence-electron chi connectivity index (χ2n) is 3.85. The molecule has 0 saturated carbocycles. The summed E-state index contributed by atoms with van der Waals surface area (Å²) in [4.78, 5) is 11.3. The molecule has 0 fully saturated rings. The van der Waals surface area contributed by atoms with Crippen LogP contribution < -0.4 is 5.32 Å². The molecule has 0 atom stereocenters. The van der Waals surface area contributed by atoms with Crippen molar-refractivity contribution in [3.05, 3.63) is 35.9 Å². The molecule has 0 aliphatic carbocycles. The number of aliphatic hydroxyl groups excluding tert-OH is 1. The van der Waals surface area contributed by atoms with Crippen LogP contribution in [0.3, 0.4) is 0 Å². The molecule has 98 valence electrons. The number of hydrogen-bond acceptors (Lipinski definition) is 4. The number of ether oxygens (including phenoxy) is 1. The van der Waals surface area contributed by atoms with Gasteiger partial charge in [-0.3, -0.25) is 10.7 Å². The fourth-order valence-corrected chi connectivity index (χ4v) is 1.36. The molecule has 0 heterocycles. The number of alkyl carbamates (subject to hydrolysis) is 1. The van der Waals surface area contributed by atoms with Crippen LogP contribution in [0.1, 0.15) is 24.8 Å². The maximum atomic E-state index is 11.3. The summed E-state index contributed by atoms with van der Waals surface area (Å²) in [6.07, 6.45) is 1.12. The van der Waals surface area contributed by atoms with E-state index < -0.39 is 6.09 Å². The maximum absolute atomic E-state index is 11.3. The van der Waals surface area contributed by atoms with Gasteiger partial charge in [-0.15, -0.1) is 0 Å². The van der Waals surface area contributed by atoms with Gasteiger partial charge in [0.2, 0.25) is 0 Å². The smallest absolute Gasteiger partial charge is 0.412 e. The second-order valence-corrected chi connectivity index (χ2v) is 3.85. The van der Waals surface area contributed by atoms with Crippen molar-refractivity contribution in [3.8, 4) is 0 Å². The molecule has 3 N–H and O–H groups in total. The number of carbonyl (C=O) groups is 1. The fourth-order valence-electron chi connectivity index (χ4n) is 1.36. The van der Waals surface area contributed by atoms with E-state index in [4.69, 9.17) is 15.3 Å². The lowest BCUT2D eigenvalue weighted by atomic mass is 10.2. The van der Waals surface area contributed by atoms with Gasteiger partial charge in [-0.25, -0.2) is 4.79 Å². The number of amidine groups is 1. The molecule has 0 aliphatic heterocycles. The zero-order chi connectivity index (χ0) is 13.2. The first-order valence-corrected chi connectivity index (χ1v) is 5.88. The summed E-state index contributed by atoms with van der Waals surface area (Å²) in [7, 11) is 0. The third kappa shape index (κ3) is 6.00. The number of benzene rings is 1. The highest BCUT2D eigenvalue weighted by molar-refractivity contribution is 5.93. The Labute approximate surface area is 106 Å². The van der Waals surface area contributed by atoms with E-state index in [1.165, 1.54) is 0 Å². The van der Waals surface area contributed by atoms with Gasteiger partial charge in [0.1, 0.15) is 12.4 Å². The van der Waals surface area contributed by atoms with Gasteiger partial charge in [0.05, 0.1) is 0 Å². The van der Waals surface area contributed by atoms with Crippen LogP contribution in [0.5, 0.6) is 0 Å². The molecule has 0 saturated heterocycles. The molecular formula is C13H18N2O3. The van der Waals surface area contributed by atoms with E-state index in [2.05, 4.69) is 5.32 Å². The second kappa shape index (κ2) is 8.25. The Balaban J connectivity index is 2.19. The van der Waals surface area contributed by atoms with Crippen molar-refractivity contribution in [2.45, 2.75) is 25.9 Å². The van der Waals surface area contributed by atoms with Crippen molar-refractivity contribution in [1.29, 1.82) is 5.41 Å². The first-order valence-electron chi connectivity index (χ1n) is 5.88. The Morgan fingerprint density at radius 3 is 2.67 bits per heavy atom. The number of carbonyl (C=O) groups excluding carboxylic acids is 1. The molecule has 5 nitrogen and oxygen atoms in total. The Morgan fingerprint density at radius 2 is 2.00 bits per heavy atom. The molecule has 0 aliphatic rings. The van der Waals surface area contributed by atoms with E-state index in [0.717, 1.165) is 5.56 Å². The van der Waals surface area contributed by atoms with Crippen LogP contribution in [-0.2, 0) is 11.3 Å². The normalized spacial score (nSPS) is 9.83. The van der Waals surface area contributed by atoms with E-state index in [1.54, 1.807) is 0 Å². The standard InChI is InChI=1S/C13H18N2O3/c14-12(8-4-5-9-16)15-13(17)18-10-11-6-2-1-3-7-11/h1-3,6-7,16H,4-5,8-10H2,(H2,14,15,17). The van der Waals surface area contributed by atoms with Crippen LogP contribution in [0.4, 0.5) is 4.79 Å². The van der Waals surface area contributed by atoms with Gasteiger partial charge in [-0.2, -0.15) is 0 Å². The van der Waals surface area contributed by atoms with Gasteiger partial charge < -0.3 is 9.84 Å². The molecule has 1 rings (SSSR count). The molecular weight excluding hydrogens is 232 g/mol. The average Bonchev–Trinajstić information content (AvgIpc) is 2.38. The Kier molecular flexibility index (Phi) is 6.50. The number of unbranched alkanes of at least 4 members (excludes halogenated alkanes) is 1. The van der Waals surface area contributed by atoms with Crippen molar-refractivity contribution in [2.75, 3.05) is 6.61 Å². The highest BCUT2D eigenvalue weighted by Crippen LogP contribution is 2.01. The fraction of sp³-hybridized carbons (Fsp3) is 0.385. The van der Waals surface area contributed by atoms with Gasteiger partial charge in [0.15, 0.2) is 0 Å². The number of hydrogen-bond donors (Lipinski definition) is 3. The number of nitrogens with one attached hydrogen (secondary N) is 2. The quantitative estimate of drug-likeness (QED) is 0.410. The lowest BCUT2D eigenvalue weighted by Gasteiger charge is -2.07. The Hall–Kier alpha value is -1.88. The third-order valence-corrected chi connectivity index (χ3v) is 2.30. The highest BCUT2D eigenvalue weighted by Gasteiger charge is 2.05. The third-order valence-electron chi connectivity index (χ3n) is 2.30. The van der Waals surface area contributed by atoms with Crippen molar-refractivity contribution in [3.63, 3.8) is 0 Å². The highest BCUT2D eigenvalue weighted by atomic mass is 16.5. The van der Waals surface area contributed by atoms with E-state index in [9.17, 15) is 4.79 Å². The zero-order valence-electron chi connectivity index (χ0n) is 10.2. The average molecular weight is 250 g/mol. The lowest BCUT2D eigenvalue weighted by molar-refractivity contribution is 0.145. The first kappa shape index (κ1) is 14.2. The van der Waals surface area contributed by atoms with Gasteiger partial charge in [0.25, 0.3) is 0 Å². The van der Waals surface area contributed by atoms with E-state index in [-0.39, 0.29) is 19.0 Å². The Morgan fingerprint density at radius 1 is 1.28 bits per heavy atom. The monoisotopic (exact) mass is 250 g/mol. The minimum atomic E-state index is -0.618. The van der Waals surface area contributed by atoms with Crippen LogP contribution in [0.25, 0.3) is 0 Å². The van der Waals surface area contributed by atoms with E-state index in [1.807, 2.05) is 30.3 Å². The van der Waals surface area contributed by atoms with Gasteiger partial charge in [-0.1, -0.05) is 30.3 Å². The molecule has 1 aromatic carbocycles. The van der Waals surface area contributed by atoms with Crippen molar-refractivity contribution >= 4 is 11.9 Å². The molecule has 5 heteroatoms. The van der Waals surface area contributed by atoms with Crippen molar-refractivity contribution in [1.82, 2.24) is 5.32 Å². The topological polar surface area (TPSA) is 82.4 Å². The van der Waals surface area contributed by atoms with Crippen molar-refractivity contribution in [2.24, 2.45) is 0 Å². The van der Waals surface area contributed by atoms with Crippen LogP contribution in [0.15, 0.2) is 30.3 Å². The minimum Gasteiger partial charge on any atom is -0.444 e. The largest absolute Gasteiger partial charge is 0.444 e. The molecule has 0 unspecified atom stereocenters. The van der Waals surface area contributed by atoms with Gasteiger partial charge >= 0.3 is 6.09 Å². The molecule has 0 radical (unpaired) electrons. The summed E-state index contributed by atoms with van der Waals surface area (Å²) >= 11 is 0. The van der Waals surface area contributed by atoms with E-state index in [0.29, 0.717) is 19.3 Å². The van der Waals surface area contributed by atoms with Crippen LogP contribution in [0, 0.1) is 5.41 Å². The summed E-state index contributed by atoms with van der Waals surface area (Å²) in [5.74, 6) is 0.113. The molecule has 0 bridgehead atoms. The summed E-state index contributed by atoms with van der Waals surface area (Å²) in [5, 5.41) is 18.4. The molecule has 1 amide bonds. The Bertz CT molecular complexity index is 379. The van der Waals surface area contributed by atoms with Crippen LogP contribution in [0.2, 0.25) is 0 Å². The summed E-state index contributed by atoms with van der Waals surface area (Å²) in [6.45, 7) is 0.294. The van der Waals surface area contributed by atoms with Crippen LogP contribution in [-0.4, -0.2) is 23.6 Å². The van der Waals surface area contributed by atoms with Crippen LogP contribution >= 0.6 is 0 Å². The van der Waals surface area contributed by atoms with Crippen molar-refractivity contribution < 1.29 is 14.6 Å². The zero-order valence-corrected chi connectivity index (χ0v) is 10.2. The SMILES string of the molecule is N=C(CCCCO)NC(=O)OCc1ccccc1. The molecule has 1 aromatic rings. The first-order chi connectivity index (χ1) is 8.72. The summed E-state index contributed by atoms with van der Waals surface area (Å²) in [5.41, 5.74) is 0.902. The van der Waals surface area contributed by atoms with Gasteiger partial charge in [-0.05, 0) is 18.4 Å². The minimum absolute atomic E-state index is 0.103. The number of amides is 1.